The molecule has 0 unspecified atom stereocenters. The molecule has 4 heteroatoms. The number of aryl methyl sites for hydroxylation is 1. The third-order valence-corrected chi connectivity index (χ3v) is 2.90. The number of hydrogen-bond donors (Lipinski definition) is 2. The summed E-state index contributed by atoms with van der Waals surface area (Å²) in [7, 11) is 0. The summed E-state index contributed by atoms with van der Waals surface area (Å²) in [5, 5.41) is 5.69. The van der Waals surface area contributed by atoms with E-state index < -0.39 is 0 Å². The smallest absolute Gasteiger partial charge is 0.315 e. The van der Waals surface area contributed by atoms with Crippen LogP contribution in [0.15, 0.2) is 24.3 Å². The molecule has 4 nitrogen and oxygen atoms in total. The molecule has 1 rings (SSSR count). The van der Waals surface area contributed by atoms with E-state index in [2.05, 4.69) is 24.5 Å². The van der Waals surface area contributed by atoms with Crippen molar-refractivity contribution >= 4 is 6.03 Å². The molecular formula is C16H26N2O2. The minimum absolute atomic E-state index is 0.128. The Morgan fingerprint density at radius 1 is 1.25 bits per heavy atom. The van der Waals surface area contributed by atoms with Gasteiger partial charge in [-0.1, -0.05) is 38.1 Å². The fourth-order valence-corrected chi connectivity index (χ4v) is 1.74. The molecule has 0 atom stereocenters. The average Bonchev–Trinajstić information content (AvgIpc) is 2.41. The molecule has 0 aromatic heterocycles. The summed E-state index contributed by atoms with van der Waals surface area (Å²) >= 11 is 0. The van der Waals surface area contributed by atoms with E-state index in [4.69, 9.17) is 4.74 Å². The van der Waals surface area contributed by atoms with Crippen LogP contribution in [0.2, 0.25) is 0 Å². The minimum atomic E-state index is -0.128. The van der Waals surface area contributed by atoms with Gasteiger partial charge in [0.1, 0.15) is 0 Å². The molecule has 2 amide bonds. The number of carbonyl (C=O) groups is 1. The Hall–Kier alpha value is -1.55. The summed E-state index contributed by atoms with van der Waals surface area (Å²) in [6.45, 7) is 8.95. The summed E-state index contributed by atoms with van der Waals surface area (Å²) in [4.78, 5) is 11.6. The van der Waals surface area contributed by atoms with Crippen molar-refractivity contribution in [3.63, 3.8) is 0 Å². The summed E-state index contributed by atoms with van der Waals surface area (Å²) in [6, 6.07) is 7.91. The summed E-state index contributed by atoms with van der Waals surface area (Å²) in [5.74, 6) is 0.556. The van der Waals surface area contributed by atoms with Gasteiger partial charge in [-0.05, 0) is 30.4 Å². The van der Waals surface area contributed by atoms with Crippen LogP contribution >= 0.6 is 0 Å². The molecule has 0 fully saturated rings. The molecule has 0 saturated carbocycles. The molecule has 0 aliphatic rings. The molecule has 0 bridgehead atoms. The lowest BCUT2D eigenvalue weighted by molar-refractivity contribution is 0.108. The van der Waals surface area contributed by atoms with Crippen LogP contribution in [0.5, 0.6) is 0 Å². The monoisotopic (exact) mass is 278 g/mol. The lowest BCUT2D eigenvalue weighted by atomic mass is 10.1. The molecule has 112 valence electrons. The quantitative estimate of drug-likeness (QED) is 0.718. The number of carbonyl (C=O) groups excluding carboxylic acids is 1. The highest BCUT2D eigenvalue weighted by Gasteiger charge is 2.01. The van der Waals surface area contributed by atoms with Gasteiger partial charge in [0, 0.05) is 26.3 Å². The predicted octanol–water partition coefficient (Wildman–Crippen LogP) is 2.86. The molecule has 0 aliphatic heterocycles. The fraction of sp³-hybridized carbons (Fsp3) is 0.562. The highest BCUT2D eigenvalue weighted by molar-refractivity contribution is 5.73. The van der Waals surface area contributed by atoms with Crippen LogP contribution < -0.4 is 10.6 Å². The first-order valence-electron chi connectivity index (χ1n) is 7.23. The van der Waals surface area contributed by atoms with Gasteiger partial charge in [-0.25, -0.2) is 4.79 Å². The van der Waals surface area contributed by atoms with Crippen molar-refractivity contribution in [1.29, 1.82) is 0 Å². The zero-order valence-corrected chi connectivity index (χ0v) is 12.7. The number of urea groups is 1. The molecule has 2 N–H and O–H groups in total. The number of hydrogen-bond acceptors (Lipinski definition) is 2. The topological polar surface area (TPSA) is 50.4 Å². The van der Waals surface area contributed by atoms with E-state index in [0.717, 1.165) is 18.6 Å². The van der Waals surface area contributed by atoms with Crippen molar-refractivity contribution in [3.05, 3.63) is 35.4 Å². The van der Waals surface area contributed by atoms with Crippen molar-refractivity contribution in [1.82, 2.24) is 10.6 Å². The standard InChI is InChI=1S/C16H26N2O2/c1-13(2)12-20-10-6-9-17-16(19)18-11-15-8-5-4-7-14(15)3/h4-5,7-8,13H,6,9-12H2,1-3H3,(H2,17,18,19). The van der Waals surface area contributed by atoms with E-state index in [1.165, 1.54) is 5.56 Å². The van der Waals surface area contributed by atoms with Crippen LogP contribution in [0, 0.1) is 12.8 Å². The summed E-state index contributed by atoms with van der Waals surface area (Å²) in [6.07, 6.45) is 0.838. The van der Waals surface area contributed by atoms with E-state index in [1.807, 2.05) is 31.2 Å². The first kappa shape index (κ1) is 16.5. The summed E-state index contributed by atoms with van der Waals surface area (Å²) < 4.78 is 5.45. The maximum absolute atomic E-state index is 11.6. The second-order valence-electron chi connectivity index (χ2n) is 5.36. The van der Waals surface area contributed by atoms with Crippen molar-refractivity contribution in [2.24, 2.45) is 5.92 Å². The molecule has 0 spiro atoms. The highest BCUT2D eigenvalue weighted by Crippen LogP contribution is 2.05. The lowest BCUT2D eigenvalue weighted by Gasteiger charge is -2.10. The average molecular weight is 278 g/mol. The van der Waals surface area contributed by atoms with Gasteiger partial charge in [0.2, 0.25) is 0 Å². The van der Waals surface area contributed by atoms with E-state index in [0.29, 0.717) is 25.6 Å². The third kappa shape index (κ3) is 7.14. The van der Waals surface area contributed by atoms with Crippen molar-refractivity contribution in [2.75, 3.05) is 19.8 Å². The van der Waals surface area contributed by atoms with Gasteiger partial charge in [0.15, 0.2) is 0 Å². The third-order valence-electron chi connectivity index (χ3n) is 2.90. The second kappa shape index (κ2) is 9.37. The van der Waals surface area contributed by atoms with E-state index >= 15 is 0 Å². The maximum atomic E-state index is 11.6. The Kier molecular flexibility index (Phi) is 7.73. The zero-order chi connectivity index (χ0) is 14.8. The number of nitrogens with one attached hydrogen (secondary N) is 2. The van der Waals surface area contributed by atoms with Crippen LogP contribution in [-0.4, -0.2) is 25.8 Å². The molecule has 1 aromatic carbocycles. The fourth-order valence-electron chi connectivity index (χ4n) is 1.74. The summed E-state index contributed by atoms with van der Waals surface area (Å²) in [5.41, 5.74) is 2.33. The van der Waals surface area contributed by atoms with E-state index in [-0.39, 0.29) is 6.03 Å². The molecule has 0 aliphatic carbocycles. The molecule has 0 heterocycles. The van der Waals surface area contributed by atoms with Crippen molar-refractivity contribution in [3.8, 4) is 0 Å². The van der Waals surface area contributed by atoms with E-state index in [1.54, 1.807) is 0 Å². The normalized spacial score (nSPS) is 10.6. The molecule has 0 radical (unpaired) electrons. The Morgan fingerprint density at radius 2 is 2.00 bits per heavy atom. The minimum Gasteiger partial charge on any atom is -0.381 e. The number of amides is 2. The second-order valence-corrected chi connectivity index (χ2v) is 5.36. The van der Waals surface area contributed by atoms with Crippen LogP contribution in [0.1, 0.15) is 31.4 Å². The maximum Gasteiger partial charge on any atom is 0.315 e. The molecular weight excluding hydrogens is 252 g/mol. The molecule has 1 aromatic rings. The van der Waals surface area contributed by atoms with Gasteiger partial charge in [-0.15, -0.1) is 0 Å². The van der Waals surface area contributed by atoms with Gasteiger partial charge in [0.25, 0.3) is 0 Å². The largest absolute Gasteiger partial charge is 0.381 e. The number of rotatable bonds is 8. The zero-order valence-electron chi connectivity index (χ0n) is 12.7. The van der Waals surface area contributed by atoms with Gasteiger partial charge in [0.05, 0.1) is 0 Å². The first-order valence-corrected chi connectivity index (χ1v) is 7.23. The van der Waals surface area contributed by atoms with Gasteiger partial charge in [-0.3, -0.25) is 0 Å². The van der Waals surface area contributed by atoms with Crippen molar-refractivity contribution in [2.45, 2.75) is 33.7 Å². The molecule has 20 heavy (non-hydrogen) atoms. The Labute approximate surface area is 121 Å². The highest BCUT2D eigenvalue weighted by atomic mass is 16.5. The van der Waals surface area contributed by atoms with Crippen LogP contribution in [0.4, 0.5) is 4.79 Å². The Morgan fingerprint density at radius 3 is 2.70 bits per heavy atom. The number of benzene rings is 1. The Bertz CT molecular complexity index is 405. The Balaban J connectivity index is 2.08. The van der Waals surface area contributed by atoms with Crippen LogP contribution in [-0.2, 0) is 11.3 Å². The SMILES string of the molecule is Cc1ccccc1CNC(=O)NCCCOCC(C)C. The van der Waals surface area contributed by atoms with Crippen LogP contribution in [0.25, 0.3) is 0 Å². The molecule has 0 saturated heterocycles. The van der Waals surface area contributed by atoms with Crippen LogP contribution in [0.3, 0.4) is 0 Å². The van der Waals surface area contributed by atoms with E-state index in [9.17, 15) is 4.79 Å². The first-order chi connectivity index (χ1) is 9.59. The van der Waals surface area contributed by atoms with Gasteiger partial charge < -0.3 is 15.4 Å². The van der Waals surface area contributed by atoms with Crippen molar-refractivity contribution < 1.29 is 9.53 Å². The number of ether oxygens (including phenoxy) is 1. The lowest BCUT2D eigenvalue weighted by Crippen LogP contribution is -2.36. The van der Waals surface area contributed by atoms with Gasteiger partial charge >= 0.3 is 6.03 Å². The predicted molar refractivity (Wildman–Crippen MR) is 81.7 cm³/mol. The van der Waals surface area contributed by atoms with Gasteiger partial charge in [-0.2, -0.15) is 0 Å².